The Morgan fingerprint density at radius 3 is 2.57 bits per heavy atom. The van der Waals surface area contributed by atoms with Crippen LogP contribution in [-0.2, 0) is 4.79 Å². The van der Waals surface area contributed by atoms with Crippen LogP contribution in [0.25, 0.3) is 6.08 Å². The Morgan fingerprint density at radius 2 is 1.90 bits per heavy atom. The van der Waals surface area contributed by atoms with E-state index in [0.29, 0.717) is 11.0 Å². The Labute approximate surface area is 135 Å². The SMILES string of the molecule is Cc1ccc(/C=C2\SC(=S)N(CN3CCCC3)C2=O)cc1. The van der Waals surface area contributed by atoms with Crippen LogP contribution in [0.2, 0.25) is 0 Å². The van der Waals surface area contributed by atoms with E-state index in [0.717, 1.165) is 23.6 Å². The van der Waals surface area contributed by atoms with Crippen LogP contribution in [0.5, 0.6) is 0 Å². The first-order chi connectivity index (χ1) is 10.1. The zero-order valence-corrected chi connectivity index (χ0v) is 13.7. The smallest absolute Gasteiger partial charge is 0.267 e. The van der Waals surface area contributed by atoms with E-state index in [-0.39, 0.29) is 5.91 Å². The monoisotopic (exact) mass is 318 g/mol. The van der Waals surface area contributed by atoms with Crippen LogP contribution in [0, 0.1) is 6.92 Å². The van der Waals surface area contributed by atoms with Crippen LogP contribution in [-0.4, -0.2) is 39.8 Å². The van der Waals surface area contributed by atoms with E-state index in [1.54, 1.807) is 4.90 Å². The molecule has 1 amide bonds. The fraction of sp³-hybridized carbons (Fsp3) is 0.375. The van der Waals surface area contributed by atoms with E-state index in [1.165, 1.54) is 30.2 Å². The van der Waals surface area contributed by atoms with Crippen molar-refractivity contribution in [2.24, 2.45) is 0 Å². The van der Waals surface area contributed by atoms with Crippen molar-refractivity contribution < 1.29 is 4.79 Å². The fourth-order valence-corrected chi connectivity index (χ4v) is 3.80. The van der Waals surface area contributed by atoms with Crippen LogP contribution in [0.1, 0.15) is 24.0 Å². The lowest BCUT2D eigenvalue weighted by Gasteiger charge is -2.22. The quantitative estimate of drug-likeness (QED) is 0.630. The summed E-state index contributed by atoms with van der Waals surface area (Å²) in [4.78, 5) is 17.2. The Morgan fingerprint density at radius 1 is 1.24 bits per heavy atom. The first-order valence-electron chi connectivity index (χ1n) is 7.18. The summed E-state index contributed by atoms with van der Waals surface area (Å²) < 4.78 is 0.672. The summed E-state index contributed by atoms with van der Waals surface area (Å²) in [5.41, 5.74) is 2.26. The number of carbonyl (C=O) groups excluding carboxylic acids is 1. The normalized spacial score (nSPS) is 21.8. The van der Waals surface area contributed by atoms with Crippen molar-refractivity contribution in [1.29, 1.82) is 0 Å². The summed E-state index contributed by atoms with van der Waals surface area (Å²) in [6, 6.07) is 8.17. The molecule has 3 nitrogen and oxygen atoms in total. The van der Waals surface area contributed by atoms with Gasteiger partial charge in [0.25, 0.3) is 5.91 Å². The lowest BCUT2D eigenvalue weighted by Crippen LogP contribution is -2.38. The molecule has 0 aliphatic carbocycles. The number of thioether (sulfide) groups is 1. The number of thiocarbonyl (C=S) groups is 1. The van der Waals surface area contributed by atoms with Gasteiger partial charge < -0.3 is 0 Å². The Kier molecular flexibility index (Phi) is 4.42. The summed E-state index contributed by atoms with van der Waals surface area (Å²) >= 11 is 6.77. The number of carbonyl (C=O) groups is 1. The molecule has 2 aliphatic heterocycles. The maximum atomic E-state index is 12.5. The number of likely N-dealkylation sites (tertiary alicyclic amines) is 1. The van der Waals surface area contributed by atoms with Crippen molar-refractivity contribution in [1.82, 2.24) is 9.80 Å². The van der Waals surface area contributed by atoms with E-state index >= 15 is 0 Å². The molecular formula is C16H18N2OS2. The van der Waals surface area contributed by atoms with Gasteiger partial charge in [0.05, 0.1) is 11.6 Å². The van der Waals surface area contributed by atoms with Gasteiger partial charge in [-0.3, -0.25) is 14.6 Å². The third kappa shape index (κ3) is 3.36. The average Bonchev–Trinajstić information content (AvgIpc) is 3.06. The molecular weight excluding hydrogens is 300 g/mol. The van der Waals surface area contributed by atoms with Crippen molar-refractivity contribution in [3.8, 4) is 0 Å². The molecule has 21 heavy (non-hydrogen) atoms. The van der Waals surface area contributed by atoms with Gasteiger partial charge in [0.2, 0.25) is 0 Å². The summed E-state index contributed by atoms with van der Waals surface area (Å²) in [5.74, 6) is 0.0393. The highest BCUT2D eigenvalue weighted by atomic mass is 32.2. The highest BCUT2D eigenvalue weighted by molar-refractivity contribution is 8.26. The molecule has 2 aliphatic rings. The van der Waals surface area contributed by atoms with Crippen LogP contribution in [0.15, 0.2) is 29.2 Å². The second-order valence-electron chi connectivity index (χ2n) is 5.49. The number of amides is 1. The molecule has 0 bridgehead atoms. The fourth-order valence-electron chi connectivity index (χ4n) is 2.56. The second kappa shape index (κ2) is 6.30. The average molecular weight is 318 g/mol. The van der Waals surface area contributed by atoms with Crippen LogP contribution in [0.4, 0.5) is 0 Å². The van der Waals surface area contributed by atoms with Gasteiger partial charge in [0.1, 0.15) is 4.32 Å². The molecule has 110 valence electrons. The van der Waals surface area contributed by atoms with Gasteiger partial charge in [-0.1, -0.05) is 53.8 Å². The minimum atomic E-state index is 0.0393. The zero-order chi connectivity index (χ0) is 14.8. The molecule has 0 spiro atoms. The molecule has 0 radical (unpaired) electrons. The molecule has 2 saturated heterocycles. The summed E-state index contributed by atoms with van der Waals surface area (Å²) in [6.07, 6.45) is 4.37. The van der Waals surface area contributed by atoms with Gasteiger partial charge in [0, 0.05) is 0 Å². The van der Waals surface area contributed by atoms with Gasteiger partial charge in [-0.25, -0.2) is 0 Å². The summed E-state index contributed by atoms with van der Waals surface area (Å²) in [6.45, 7) is 4.82. The first-order valence-corrected chi connectivity index (χ1v) is 8.40. The van der Waals surface area contributed by atoms with Crippen LogP contribution >= 0.6 is 24.0 Å². The molecule has 0 aromatic heterocycles. The molecule has 0 atom stereocenters. The van der Waals surface area contributed by atoms with Gasteiger partial charge in [0.15, 0.2) is 0 Å². The maximum Gasteiger partial charge on any atom is 0.267 e. The molecule has 2 fully saturated rings. The standard InChI is InChI=1S/C16H18N2OS2/c1-12-4-6-13(7-5-12)10-14-15(19)18(16(20)21-14)11-17-8-2-3-9-17/h4-7,10H,2-3,8-9,11H2,1H3/b14-10-. The van der Waals surface area contributed by atoms with E-state index in [9.17, 15) is 4.79 Å². The molecule has 0 N–H and O–H groups in total. The van der Waals surface area contributed by atoms with Crippen molar-refractivity contribution in [3.63, 3.8) is 0 Å². The summed E-state index contributed by atoms with van der Waals surface area (Å²) in [5, 5.41) is 0. The van der Waals surface area contributed by atoms with Crippen molar-refractivity contribution in [2.75, 3.05) is 19.8 Å². The number of nitrogens with zero attached hydrogens (tertiary/aromatic N) is 2. The van der Waals surface area contributed by atoms with Crippen LogP contribution < -0.4 is 0 Å². The number of hydrogen-bond donors (Lipinski definition) is 0. The van der Waals surface area contributed by atoms with Crippen molar-refractivity contribution in [2.45, 2.75) is 19.8 Å². The number of rotatable bonds is 3. The number of aryl methyl sites for hydroxylation is 1. The van der Waals surface area contributed by atoms with E-state index < -0.39 is 0 Å². The molecule has 5 heteroatoms. The molecule has 0 unspecified atom stereocenters. The highest BCUT2D eigenvalue weighted by Crippen LogP contribution is 2.32. The molecule has 0 saturated carbocycles. The lowest BCUT2D eigenvalue weighted by atomic mass is 10.1. The lowest BCUT2D eigenvalue weighted by molar-refractivity contribution is -0.123. The largest absolute Gasteiger partial charge is 0.286 e. The van der Waals surface area contributed by atoms with Crippen molar-refractivity contribution in [3.05, 3.63) is 40.3 Å². The van der Waals surface area contributed by atoms with Gasteiger partial charge in [-0.15, -0.1) is 0 Å². The minimum Gasteiger partial charge on any atom is -0.286 e. The van der Waals surface area contributed by atoms with Crippen LogP contribution in [0.3, 0.4) is 0 Å². The minimum absolute atomic E-state index is 0.0393. The first kappa shape index (κ1) is 14.8. The zero-order valence-electron chi connectivity index (χ0n) is 12.0. The Bertz CT molecular complexity index is 589. The third-order valence-electron chi connectivity index (χ3n) is 3.79. The Balaban J connectivity index is 1.74. The van der Waals surface area contributed by atoms with Crippen molar-refractivity contribution >= 4 is 40.3 Å². The third-order valence-corrected chi connectivity index (χ3v) is 5.17. The van der Waals surface area contributed by atoms with E-state index in [4.69, 9.17) is 12.2 Å². The molecule has 1 aromatic rings. The number of hydrogen-bond acceptors (Lipinski definition) is 4. The highest BCUT2D eigenvalue weighted by Gasteiger charge is 2.33. The van der Waals surface area contributed by atoms with E-state index in [1.807, 2.05) is 18.2 Å². The molecule has 3 rings (SSSR count). The molecule has 1 aromatic carbocycles. The second-order valence-corrected chi connectivity index (χ2v) is 7.16. The van der Waals surface area contributed by atoms with Gasteiger partial charge >= 0.3 is 0 Å². The summed E-state index contributed by atoms with van der Waals surface area (Å²) in [7, 11) is 0. The van der Waals surface area contributed by atoms with E-state index in [2.05, 4.69) is 24.0 Å². The predicted molar refractivity (Wildman–Crippen MR) is 91.9 cm³/mol. The maximum absolute atomic E-state index is 12.5. The number of benzene rings is 1. The van der Waals surface area contributed by atoms with Gasteiger partial charge in [-0.05, 0) is 44.5 Å². The topological polar surface area (TPSA) is 23.6 Å². The Hall–Kier alpha value is -1.17. The van der Waals surface area contributed by atoms with Gasteiger partial charge in [-0.2, -0.15) is 0 Å². The predicted octanol–water partition coefficient (Wildman–Crippen LogP) is 3.25. The molecule has 2 heterocycles.